The summed E-state index contributed by atoms with van der Waals surface area (Å²) >= 11 is 0.727. The molecule has 0 radical (unpaired) electrons. The quantitative estimate of drug-likeness (QED) is 0.389. The molecule has 2 aromatic carbocycles. The van der Waals surface area contributed by atoms with E-state index in [0.717, 1.165) is 29.5 Å². The Labute approximate surface area is 190 Å². The second kappa shape index (κ2) is 8.47. The Morgan fingerprint density at radius 1 is 1.00 bits per heavy atom. The molecule has 0 aliphatic carbocycles. The van der Waals surface area contributed by atoms with Crippen LogP contribution in [0.15, 0.2) is 84.5 Å². The smallest absolute Gasteiger partial charge is 0.416 e. The number of alkyl halides is 3. The van der Waals surface area contributed by atoms with Gasteiger partial charge in [0.1, 0.15) is 15.9 Å². The number of nitrogens with zero attached hydrogens (tertiary/aromatic N) is 1. The molecular formula is C24H18F3NO4S. The fourth-order valence-corrected chi connectivity index (χ4v) is 4.35. The molecule has 2 aromatic heterocycles. The summed E-state index contributed by atoms with van der Waals surface area (Å²) in [6.07, 6.45) is -4.49. The highest BCUT2D eigenvalue weighted by Crippen LogP contribution is 2.38. The summed E-state index contributed by atoms with van der Waals surface area (Å²) < 4.78 is 45.3. The first-order valence-corrected chi connectivity index (χ1v) is 10.8. The first-order chi connectivity index (χ1) is 15.6. The van der Waals surface area contributed by atoms with E-state index in [1.165, 1.54) is 22.8 Å². The second-order valence-electron chi connectivity index (χ2n) is 7.60. The maximum absolute atomic E-state index is 13.4. The van der Waals surface area contributed by atoms with Crippen LogP contribution in [0.2, 0.25) is 0 Å². The highest BCUT2D eigenvalue weighted by Gasteiger charge is 2.30. The first-order valence-electron chi connectivity index (χ1n) is 9.93. The average Bonchev–Trinajstić information content (AvgIpc) is 2.76. The summed E-state index contributed by atoms with van der Waals surface area (Å²) in [5, 5.41) is 10.7. The number of aromatic hydroxyl groups is 1. The molecule has 2 heterocycles. The van der Waals surface area contributed by atoms with Crippen LogP contribution in [-0.4, -0.2) is 9.67 Å². The molecule has 0 saturated heterocycles. The lowest BCUT2D eigenvalue weighted by Gasteiger charge is -2.18. The van der Waals surface area contributed by atoms with Crippen molar-refractivity contribution in [2.24, 2.45) is 0 Å². The molecule has 0 atom stereocenters. The molecule has 0 fully saturated rings. The summed E-state index contributed by atoms with van der Waals surface area (Å²) in [5.74, 6) is -0.565. The molecule has 0 aliphatic rings. The first kappa shape index (κ1) is 22.7. The van der Waals surface area contributed by atoms with Gasteiger partial charge in [0, 0.05) is 17.0 Å². The summed E-state index contributed by atoms with van der Waals surface area (Å²) in [6, 6.07) is 14.5. The Bertz CT molecular complexity index is 1440. The topological polar surface area (TPSA) is 72.4 Å². The Balaban J connectivity index is 1.88. The van der Waals surface area contributed by atoms with E-state index in [-0.39, 0.29) is 26.8 Å². The fraction of sp³-hybridized carbons (Fsp3) is 0.167. The normalized spacial score (nSPS) is 11.9. The number of benzene rings is 2. The molecule has 33 heavy (non-hydrogen) atoms. The van der Waals surface area contributed by atoms with Crippen LogP contribution in [0.1, 0.15) is 25.5 Å². The van der Waals surface area contributed by atoms with Crippen molar-refractivity contribution in [3.05, 3.63) is 87.0 Å². The van der Waals surface area contributed by atoms with Crippen molar-refractivity contribution >= 4 is 22.7 Å². The largest absolute Gasteiger partial charge is 0.505 e. The Kier molecular flexibility index (Phi) is 5.84. The Hall–Kier alpha value is -3.46. The number of rotatable bonds is 4. The monoisotopic (exact) mass is 473 g/mol. The van der Waals surface area contributed by atoms with Crippen LogP contribution in [0.5, 0.6) is 5.75 Å². The number of hydrogen-bond acceptors (Lipinski definition) is 5. The van der Waals surface area contributed by atoms with Gasteiger partial charge in [-0.2, -0.15) is 13.2 Å². The minimum Gasteiger partial charge on any atom is -0.505 e. The third-order valence-electron chi connectivity index (χ3n) is 5.03. The molecule has 9 heteroatoms. The van der Waals surface area contributed by atoms with E-state index in [2.05, 4.69) is 0 Å². The molecule has 4 rings (SSSR count). The molecule has 1 N–H and O–H groups in total. The maximum Gasteiger partial charge on any atom is 0.416 e. The van der Waals surface area contributed by atoms with Gasteiger partial charge in [-0.15, -0.1) is 0 Å². The number of hydrogen-bond donors (Lipinski definition) is 1. The van der Waals surface area contributed by atoms with E-state index < -0.39 is 28.7 Å². The lowest BCUT2D eigenvalue weighted by Crippen LogP contribution is -2.24. The SMILES string of the molecule is CC(C)n1c(-c2ccccc2)cc2oc(=O)c(Sc3ccc(C(F)(F)F)cc3)c(O)c2c1=O. The molecule has 5 nitrogen and oxygen atoms in total. The zero-order chi connectivity index (χ0) is 23.9. The highest BCUT2D eigenvalue weighted by molar-refractivity contribution is 7.99. The van der Waals surface area contributed by atoms with E-state index >= 15 is 0 Å². The van der Waals surface area contributed by atoms with Gasteiger partial charge in [-0.05, 0) is 43.7 Å². The Morgan fingerprint density at radius 2 is 1.64 bits per heavy atom. The standard InChI is InChI=1S/C24H18F3NO4S/c1-13(2)28-17(14-6-4-3-5-7-14)12-18-19(22(28)30)20(29)21(23(31)32-18)33-16-10-8-15(9-11-16)24(25,26)27/h3-13,29H,1-2H3. The van der Waals surface area contributed by atoms with Gasteiger partial charge in [-0.25, -0.2) is 4.79 Å². The third kappa shape index (κ3) is 4.28. The zero-order valence-corrected chi connectivity index (χ0v) is 18.3. The van der Waals surface area contributed by atoms with Gasteiger partial charge in [0.05, 0.1) is 11.3 Å². The molecule has 170 valence electrons. The third-order valence-corrected chi connectivity index (χ3v) is 6.11. The molecule has 0 spiro atoms. The van der Waals surface area contributed by atoms with Crippen LogP contribution in [0.4, 0.5) is 13.2 Å². The summed E-state index contributed by atoms with van der Waals surface area (Å²) in [6.45, 7) is 3.63. The van der Waals surface area contributed by atoms with Gasteiger partial charge >= 0.3 is 11.8 Å². The maximum atomic E-state index is 13.4. The van der Waals surface area contributed by atoms with Gasteiger partial charge < -0.3 is 14.1 Å². The molecule has 0 bridgehead atoms. The van der Waals surface area contributed by atoms with Crippen molar-refractivity contribution in [2.75, 3.05) is 0 Å². The van der Waals surface area contributed by atoms with Crippen LogP contribution < -0.4 is 11.2 Å². The summed E-state index contributed by atoms with van der Waals surface area (Å²) in [7, 11) is 0. The molecule has 0 saturated carbocycles. The average molecular weight is 473 g/mol. The van der Waals surface area contributed by atoms with Gasteiger partial charge in [-0.1, -0.05) is 42.1 Å². The molecule has 4 aromatic rings. The van der Waals surface area contributed by atoms with Crippen LogP contribution in [0.3, 0.4) is 0 Å². The van der Waals surface area contributed by atoms with Crippen molar-refractivity contribution < 1.29 is 22.7 Å². The van der Waals surface area contributed by atoms with Gasteiger partial charge in [0.25, 0.3) is 5.56 Å². The van der Waals surface area contributed by atoms with Crippen molar-refractivity contribution in [3.8, 4) is 17.0 Å². The number of pyridine rings is 1. The molecule has 0 aliphatic heterocycles. The predicted octanol–water partition coefficient (Wildman–Crippen LogP) is 6.08. The lowest BCUT2D eigenvalue weighted by molar-refractivity contribution is -0.137. The number of halogens is 3. The predicted molar refractivity (Wildman–Crippen MR) is 120 cm³/mol. The van der Waals surface area contributed by atoms with Crippen molar-refractivity contribution in [3.63, 3.8) is 0 Å². The lowest BCUT2D eigenvalue weighted by atomic mass is 10.1. The highest BCUT2D eigenvalue weighted by atomic mass is 32.2. The van der Waals surface area contributed by atoms with Crippen LogP contribution in [0.25, 0.3) is 22.2 Å². The van der Waals surface area contributed by atoms with E-state index in [9.17, 15) is 27.9 Å². The van der Waals surface area contributed by atoms with Crippen LogP contribution in [0, 0.1) is 0 Å². The van der Waals surface area contributed by atoms with Crippen LogP contribution >= 0.6 is 11.8 Å². The number of aromatic nitrogens is 1. The van der Waals surface area contributed by atoms with Crippen molar-refractivity contribution in [1.82, 2.24) is 4.57 Å². The molecular weight excluding hydrogens is 455 g/mol. The van der Waals surface area contributed by atoms with E-state index in [4.69, 9.17) is 4.42 Å². The molecule has 0 unspecified atom stereocenters. The van der Waals surface area contributed by atoms with E-state index in [0.29, 0.717) is 5.69 Å². The van der Waals surface area contributed by atoms with Crippen molar-refractivity contribution in [2.45, 2.75) is 35.9 Å². The van der Waals surface area contributed by atoms with E-state index in [1.54, 1.807) is 0 Å². The van der Waals surface area contributed by atoms with E-state index in [1.807, 2.05) is 44.2 Å². The minimum absolute atomic E-state index is 0.0741. The fourth-order valence-electron chi connectivity index (χ4n) is 3.52. The second-order valence-corrected chi connectivity index (χ2v) is 8.68. The van der Waals surface area contributed by atoms with Crippen LogP contribution in [-0.2, 0) is 6.18 Å². The Morgan fingerprint density at radius 3 is 2.21 bits per heavy atom. The van der Waals surface area contributed by atoms with Gasteiger partial charge in [0.15, 0.2) is 5.75 Å². The zero-order valence-electron chi connectivity index (χ0n) is 17.5. The minimum atomic E-state index is -4.49. The summed E-state index contributed by atoms with van der Waals surface area (Å²) in [5.41, 5.74) is -1.10. The number of fused-ring (bicyclic) bond motifs is 1. The van der Waals surface area contributed by atoms with Gasteiger partial charge in [-0.3, -0.25) is 4.79 Å². The van der Waals surface area contributed by atoms with Gasteiger partial charge in [0.2, 0.25) is 0 Å². The van der Waals surface area contributed by atoms with Crippen molar-refractivity contribution in [1.29, 1.82) is 0 Å². The summed E-state index contributed by atoms with van der Waals surface area (Å²) in [4.78, 5) is 26.0. The molecule has 0 amide bonds.